The second-order valence-corrected chi connectivity index (χ2v) is 5.60. The fourth-order valence-corrected chi connectivity index (χ4v) is 2.69. The predicted octanol–water partition coefficient (Wildman–Crippen LogP) is -0.429. The molecule has 1 atom stereocenters. The van der Waals surface area contributed by atoms with Crippen molar-refractivity contribution in [1.29, 1.82) is 0 Å². The minimum absolute atomic E-state index is 0. The van der Waals surface area contributed by atoms with E-state index in [9.17, 15) is 19.5 Å². The number of nitrogens with zero attached hydrogens (tertiary/aromatic N) is 2. The molecular weight excluding hydrogens is 336 g/mol. The average Bonchev–Trinajstić information content (AvgIpc) is 2.73. The van der Waals surface area contributed by atoms with Crippen molar-refractivity contribution in [2.45, 2.75) is 6.10 Å². The van der Waals surface area contributed by atoms with Crippen LogP contribution in [-0.4, -0.2) is 66.7 Å². The lowest BCUT2D eigenvalue weighted by Gasteiger charge is -2.22. The third-order valence-corrected chi connectivity index (χ3v) is 3.88. The Morgan fingerprint density at radius 1 is 1.21 bits per heavy atom. The molecule has 1 aromatic carbocycles. The van der Waals surface area contributed by atoms with E-state index in [1.54, 1.807) is 29.2 Å². The zero-order valence-corrected chi connectivity index (χ0v) is 13.7. The van der Waals surface area contributed by atoms with Crippen LogP contribution in [0, 0.1) is 0 Å². The number of halogens is 1. The van der Waals surface area contributed by atoms with Crippen LogP contribution in [0.1, 0.15) is 10.4 Å². The second kappa shape index (κ2) is 7.61. The molecule has 4 amide bonds. The SMILES string of the molecule is Cl.O=C1CN(c2ccc(C(=O)N3CCNCC(O)C3)cc2)C(=O)N1. The van der Waals surface area contributed by atoms with Crippen molar-refractivity contribution in [3.05, 3.63) is 29.8 Å². The molecule has 0 saturated carbocycles. The van der Waals surface area contributed by atoms with Crippen molar-refractivity contribution in [2.24, 2.45) is 0 Å². The standard InChI is InChI=1S/C15H18N4O4.ClH/c20-12-7-16-5-6-18(8-12)14(22)10-1-3-11(4-2-10)19-9-13(21)17-15(19)23;/h1-4,12,16,20H,5-9H2,(H,17,21,23);1H. The van der Waals surface area contributed by atoms with Crippen LogP contribution in [-0.2, 0) is 4.79 Å². The Balaban J connectivity index is 0.00000208. The lowest BCUT2D eigenvalue weighted by atomic mass is 10.1. The predicted molar refractivity (Wildman–Crippen MR) is 89.4 cm³/mol. The van der Waals surface area contributed by atoms with Crippen molar-refractivity contribution >= 4 is 35.9 Å². The van der Waals surface area contributed by atoms with Gasteiger partial charge in [0, 0.05) is 37.4 Å². The number of aliphatic hydroxyl groups excluding tert-OH is 1. The smallest absolute Gasteiger partial charge is 0.329 e. The van der Waals surface area contributed by atoms with E-state index in [2.05, 4.69) is 10.6 Å². The van der Waals surface area contributed by atoms with Gasteiger partial charge in [0.05, 0.1) is 6.10 Å². The number of nitrogens with one attached hydrogen (secondary N) is 2. The molecule has 130 valence electrons. The Kier molecular flexibility index (Phi) is 5.76. The topological polar surface area (TPSA) is 102 Å². The highest BCUT2D eigenvalue weighted by atomic mass is 35.5. The molecule has 24 heavy (non-hydrogen) atoms. The fraction of sp³-hybridized carbons (Fsp3) is 0.400. The number of aliphatic hydroxyl groups is 1. The number of carbonyl (C=O) groups excluding carboxylic acids is 3. The number of hydrogen-bond acceptors (Lipinski definition) is 5. The van der Waals surface area contributed by atoms with Gasteiger partial charge in [0.2, 0.25) is 5.91 Å². The Morgan fingerprint density at radius 2 is 1.92 bits per heavy atom. The number of amides is 4. The first kappa shape index (κ1) is 18.2. The van der Waals surface area contributed by atoms with Crippen molar-refractivity contribution in [1.82, 2.24) is 15.5 Å². The van der Waals surface area contributed by atoms with Gasteiger partial charge < -0.3 is 15.3 Å². The summed E-state index contributed by atoms with van der Waals surface area (Å²) in [5.74, 6) is -0.512. The van der Waals surface area contributed by atoms with E-state index in [-0.39, 0.29) is 37.3 Å². The highest BCUT2D eigenvalue weighted by molar-refractivity contribution is 6.12. The monoisotopic (exact) mass is 354 g/mol. The van der Waals surface area contributed by atoms with Crippen LogP contribution >= 0.6 is 12.4 Å². The Bertz CT molecular complexity index is 637. The minimum Gasteiger partial charge on any atom is -0.390 e. The first-order valence-corrected chi connectivity index (χ1v) is 7.44. The summed E-state index contributed by atoms with van der Waals surface area (Å²) in [6.45, 7) is 1.91. The number of anilines is 1. The van der Waals surface area contributed by atoms with Crippen LogP contribution in [0.5, 0.6) is 0 Å². The van der Waals surface area contributed by atoms with E-state index in [1.165, 1.54) is 4.90 Å². The number of hydrogen-bond donors (Lipinski definition) is 3. The van der Waals surface area contributed by atoms with Gasteiger partial charge >= 0.3 is 6.03 Å². The van der Waals surface area contributed by atoms with Gasteiger partial charge in [-0.15, -0.1) is 12.4 Å². The molecule has 2 heterocycles. The van der Waals surface area contributed by atoms with Crippen LogP contribution in [0.4, 0.5) is 10.5 Å². The van der Waals surface area contributed by atoms with Gasteiger partial charge in [0.1, 0.15) is 6.54 Å². The molecule has 0 aliphatic carbocycles. The third kappa shape index (κ3) is 3.84. The Morgan fingerprint density at radius 3 is 2.54 bits per heavy atom. The first-order chi connectivity index (χ1) is 11.0. The van der Waals surface area contributed by atoms with E-state index < -0.39 is 12.1 Å². The van der Waals surface area contributed by atoms with Crippen LogP contribution in [0.15, 0.2) is 24.3 Å². The van der Waals surface area contributed by atoms with Gasteiger partial charge in [0.25, 0.3) is 5.91 Å². The zero-order chi connectivity index (χ0) is 16.4. The third-order valence-electron chi connectivity index (χ3n) is 3.88. The van der Waals surface area contributed by atoms with Crippen LogP contribution in [0.2, 0.25) is 0 Å². The van der Waals surface area contributed by atoms with E-state index in [1.807, 2.05) is 0 Å². The molecule has 0 aromatic heterocycles. The maximum atomic E-state index is 12.5. The molecule has 8 nitrogen and oxygen atoms in total. The van der Waals surface area contributed by atoms with Gasteiger partial charge in [-0.3, -0.25) is 19.8 Å². The van der Waals surface area contributed by atoms with E-state index in [0.29, 0.717) is 30.9 Å². The fourth-order valence-electron chi connectivity index (χ4n) is 2.69. The summed E-state index contributed by atoms with van der Waals surface area (Å²) in [7, 11) is 0. The minimum atomic E-state index is -0.583. The summed E-state index contributed by atoms with van der Waals surface area (Å²) < 4.78 is 0. The lowest BCUT2D eigenvalue weighted by Crippen LogP contribution is -2.37. The van der Waals surface area contributed by atoms with Crippen molar-refractivity contribution in [2.75, 3.05) is 37.6 Å². The van der Waals surface area contributed by atoms with Crippen molar-refractivity contribution in [3.8, 4) is 0 Å². The summed E-state index contributed by atoms with van der Waals surface area (Å²) in [5, 5.41) is 15.0. The van der Waals surface area contributed by atoms with Crippen molar-refractivity contribution < 1.29 is 19.5 Å². The average molecular weight is 355 g/mol. The molecule has 0 bridgehead atoms. The van der Waals surface area contributed by atoms with Gasteiger partial charge in [-0.05, 0) is 24.3 Å². The maximum Gasteiger partial charge on any atom is 0.329 e. The summed E-state index contributed by atoms with van der Waals surface area (Å²) in [6, 6.07) is 6.06. The number of carbonyl (C=O) groups is 3. The van der Waals surface area contributed by atoms with E-state index >= 15 is 0 Å². The second-order valence-electron chi connectivity index (χ2n) is 5.60. The number of β-amino-alcohol motifs (C(OH)–C–C–N with tert-alkyl or cyclic N) is 1. The molecule has 0 radical (unpaired) electrons. The molecule has 1 unspecified atom stereocenters. The largest absolute Gasteiger partial charge is 0.390 e. The summed E-state index contributed by atoms with van der Waals surface area (Å²) in [4.78, 5) is 38.2. The molecule has 2 saturated heterocycles. The van der Waals surface area contributed by atoms with Crippen LogP contribution < -0.4 is 15.5 Å². The number of rotatable bonds is 2. The Labute approximate surface area is 145 Å². The summed E-state index contributed by atoms with van der Waals surface area (Å²) in [6.07, 6.45) is -0.583. The van der Waals surface area contributed by atoms with Crippen LogP contribution in [0.3, 0.4) is 0 Å². The summed E-state index contributed by atoms with van der Waals surface area (Å²) >= 11 is 0. The molecule has 2 fully saturated rings. The Hall–Kier alpha value is -2.16. The molecule has 0 spiro atoms. The normalized spacial score (nSPS) is 21.1. The number of benzene rings is 1. The molecule has 2 aliphatic heterocycles. The van der Waals surface area contributed by atoms with Gasteiger partial charge in [-0.1, -0.05) is 0 Å². The molecule has 3 rings (SSSR count). The number of urea groups is 1. The highest BCUT2D eigenvalue weighted by Gasteiger charge is 2.28. The number of imide groups is 1. The van der Waals surface area contributed by atoms with Gasteiger partial charge in [-0.2, -0.15) is 0 Å². The van der Waals surface area contributed by atoms with Gasteiger partial charge in [0.15, 0.2) is 0 Å². The first-order valence-electron chi connectivity index (χ1n) is 7.44. The lowest BCUT2D eigenvalue weighted by molar-refractivity contribution is -0.117. The quantitative estimate of drug-likeness (QED) is 0.626. The highest BCUT2D eigenvalue weighted by Crippen LogP contribution is 2.18. The van der Waals surface area contributed by atoms with Crippen LogP contribution in [0.25, 0.3) is 0 Å². The summed E-state index contributed by atoms with van der Waals surface area (Å²) in [5.41, 5.74) is 1.04. The molecule has 9 heteroatoms. The molecule has 3 N–H and O–H groups in total. The maximum absolute atomic E-state index is 12.5. The van der Waals surface area contributed by atoms with Gasteiger partial charge in [-0.25, -0.2) is 4.79 Å². The molecular formula is C15H19ClN4O4. The molecule has 2 aliphatic rings. The zero-order valence-electron chi connectivity index (χ0n) is 12.9. The van der Waals surface area contributed by atoms with E-state index in [0.717, 1.165) is 0 Å². The molecule has 1 aromatic rings. The van der Waals surface area contributed by atoms with Crippen molar-refractivity contribution in [3.63, 3.8) is 0 Å². The van der Waals surface area contributed by atoms with E-state index in [4.69, 9.17) is 0 Å².